The number of rotatable bonds is 11. The molecule has 2 aromatic carbocycles. The lowest BCUT2D eigenvalue weighted by Crippen LogP contribution is -2.34. The summed E-state index contributed by atoms with van der Waals surface area (Å²) in [5.74, 6) is -0.109. The quantitative estimate of drug-likeness (QED) is 0.357. The zero-order valence-electron chi connectivity index (χ0n) is 20.9. The monoisotopic (exact) mass is 464 g/mol. The first kappa shape index (κ1) is 25.5. The minimum Gasteiger partial charge on any atom is -0.496 e. The van der Waals surface area contributed by atoms with E-state index in [1.807, 2.05) is 36.4 Å². The van der Waals surface area contributed by atoms with Crippen molar-refractivity contribution in [3.63, 3.8) is 0 Å². The first-order chi connectivity index (χ1) is 16.3. The maximum Gasteiger partial charge on any atom is 0.278 e. The molecule has 1 aliphatic rings. The van der Waals surface area contributed by atoms with Crippen LogP contribution in [0.2, 0.25) is 0 Å². The molecule has 2 amide bonds. The first-order valence-corrected chi connectivity index (χ1v) is 12.0. The molecule has 0 saturated heterocycles. The Kier molecular flexibility index (Phi) is 8.51. The summed E-state index contributed by atoms with van der Waals surface area (Å²) >= 11 is 0. The molecular weight excluding hydrogens is 428 g/mol. The second-order valence-electron chi connectivity index (χ2n) is 9.48. The number of nitrogens with one attached hydrogen (secondary N) is 1. The van der Waals surface area contributed by atoms with Crippen LogP contribution in [0.15, 0.2) is 54.2 Å². The van der Waals surface area contributed by atoms with Crippen molar-refractivity contribution in [1.82, 2.24) is 4.90 Å². The maximum absolute atomic E-state index is 13.4. The van der Waals surface area contributed by atoms with Gasteiger partial charge in [0.2, 0.25) is 0 Å². The topological polar surface area (TPSA) is 67.9 Å². The van der Waals surface area contributed by atoms with Gasteiger partial charge in [0.25, 0.3) is 11.8 Å². The van der Waals surface area contributed by atoms with Crippen LogP contribution in [0.3, 0.4) is 0 Å². The van der Waals surface area contributed by atoms with E-state index in [2.05, 4.69) is 33.0 Å². The number of carbonyl (C=O) groups excluding carboxylic acids is 2. The largest absolute Gasteiger partial charge is 0.496 e. The van der Waals surface area contributed by atoms with Crippen LogP contribution >= 0.6 is 0 Å². The third-order valence-corrected chi connectivity index (χ3v) is 5.88. The van der Waals surface area contributed by atoms with E-state index in [0.717, 1.165) is 18.5 Å². The van der Waals surface area contributed by atoms with Gasteiger partial charge in [-0.3, -0.25) is 14.5 Å². The summed E-state index contributed by atoms with van der Waals surface area (Å²) in [7, 11) is 1.56. The van der Waals surface area contributed by atoms with Crippen molar-refractivity contribution >= 4 is 23.1 Å². The van der Waals surface area contributed by atoms with E-state index in [4.69, 9.17) is 9.47 Å². The van der Waals surface area contributed by atoms with Crippen LogP contribution < -0.4 is 10.1 Å². The highest BCUT2D eigenvalue weighted by atomic mass is 16.5. The first-order valence-electron chi connectivity index (χ1n) is 12.0. The Bertz CT molecular complexity index is 1040. The molecule has 0 unspecified atom stereocenters. The summed E-state index contributed by atoms with van der Waals surface area (Å²) in [5, 5.41) is 3.23. The number of carbonyl (C=O) groups is 2. The molecule has 0 bridgehead atoms. The van der Waals surface area contributed by atoms with E-state index in [-0.39, 0.29) is 22.9 Å². The van der Waals surface area contributed by atoms with E-state index in [0.29, 0.717) is 43.1 Å². The second kappa shape index (κ2) is 11.3. The predicted octanol–water partition coefficient (Wildman–Crippen LogP) is 5.39. The fourth-order valence-electron chi connectivity index (χ4n) is 3.87. The van der Waals surface area contributed by atoms with Gasteiger partial charge in [-0.25, -0.2) is 0 Å². The zero-order valence-corrected chi connectivity index (χ0v) is 20.9. The van der Waals surface area contributed by atoms with Crippen LogP contribution in [0.1, 0.15) is 58.1 Å². The number of hydrogen-bond acceptors (Lipinski definition) is 5. The van der Waals surface area contributed by atoms with Gasteiger partial charge in [-0.05, 0) is 42.0 Å². The minimum atomic E-state index is -0.334. The van der Waals surface area contributed by atoms with Crippen LogP contribution in [-0.4, -0.2) is 43.6 Å². The molecule has 6 heteroatoms. The van der Waals surface area contributed by atoms with Gasteiger partial charge in [0.1, 0.15) is 11.4 Å². The normalized spacial score (nSPS) is 14.2. The van der Waals surface area contributed by atoms with Crippen molar-refractivity contribution in [2.24, 2.45) is 0 Å². The molecule has 3 rings (SSSR count). The van der Waals surface area contributed by atoms with E-state index < -0.39 is 0 Å². The number of anilines is 1. The lowest BCUT2D eigenvalue weighted by atomic mass is 9.87. The Balaban J connectivity index is 1.88. The maximum atomic E-state index is 13.4. The van der Waals surface area contributed by atoms with Crippen LogP contribution in [0.25, 0.3) is 5.57 Å². The highest BCUT2D eigenvalue weighted by molar-refractivity contribution is 6.37. The highest BCUT2D eigenvalue weighted by Gasteiger charge is 2.39. The summed E-state index contributed by atoms with van der Waals surface area (Å²) in [4.78, 5) is 28.1. The van der Waals surface area contributed by atoms with Crippen molar-refractivity contribution in [3.05, 3.63) is 65.4 Å². The molecule has 34 heavy (non-hydrogen) atoms. The van der Waals surface area contributed by atoms with Gasteiger partial charge in [-0.15, -0.1) is 0 Å². The summed E-state index contributed by atoms with van der Waals surface area (Å²) < 4.78 is 11.1. The molecule has 1 aliphatic heterocycles. The van der Waals surface area contributed by atoms with E-state index in [1.54, 1.807) is 19.2 Å². The molecular formula is C28H36N2O4. The SMILES string of the molecule is CCCCOCCCN1C(=O)C(Nc2ccc(C(C)(C)C)cc2)=C(c2ccccc2OC)C1=O. The Hall–Kier alpha value is -3.12. The van der Waals surface area contributed by atoms with Crippen LogP contribution in [0.4, 0.5) is 5.69 Å². The molecule has 1 N–H and O–H groups in total. The van der Waals surface area contributed by atoms with E-state index in [1.165, 1.54) is 10.5 Å². The Labute approximate surface area is 202 Å². The van der Waals surface area contributed by atoms with Gasteiger partial charge in [0, 0.05) is 31.0 Å². The number of imide groups is 1. The van der Waals surface area contributed by atoms with Crippen LogP contribution in [-0.2, 0) is 19.7 Å². The lowest BCUT2D eigenvalue weighted by Gasteiger charge is -2.19. The highest BCUT2D eigenvalue weighted by Crippen LogP contribution is 2.35. The molecule has 0 spiro atoms. The van der Waals surface area contributed by atoms with Crippen molar-refractivity contribution in [3.8, 4) is 5.75 Å². The summed E-state index contributed by atoms with van der Waals surface area (Å²) in [5.41, 5.74) is 3.16. The van der Waals surface area contributed by atoms with Crippen molar-refractivity contribution < 1.29 is 19.1 Å². The number of nitrogens with zero attached hydrogens (tertiary/aromatic N) is 1. The van der Waals surface area contributed by atoms with Crippen LogP contribution in [0, 0.1) is 0 Å². The average Bonchev–Trinajstić information content (AvgIpc) is 3.04. The minimum absolute atomic E-state index is 0.0233. The lowest BCUT2D eigenvalue weighted by molar-refractivity contribution is -0.137. The molecule has 0 aliphatic carbocycles. The molecule has 0 atom stereocenters. The number of amides is 2. The number of methoxy groups -OCH3 is 1. The van der Waals surface area contributed by atoms with Crippen LogP contribution in [0.5, 0.6) is 5.75 Å². The molecule has 1 heterocycles. The van der Waals surface area contributed by atoms with Gasteiger partial charge in [-0.2, -0.15) is 0 Å². The van der Waals surface area contributed by atoms with Gasteiger partial charge in [-0.1, -0.05) is 64.4 Å². The fourth-order valence-corrected chi connectivity index (χ4v) is 3.87. The van der Waals surface area contributed by atoms with Crippen molar-refractivity contribution in [1.29, 1.82) is 0 Å². The summed E-state index contributed by atoms with van der Waals surface area (Å²) in [6.07, 6.45) is 2.66. The van der Waals surface area contributed by atoms with E-state index in [9.17, 15) is 9.59 Å². The van der Waals surface area contributed by atoms with Gasteiger partial charge >= 0.3 is 0 Å². The fraction of sp³-hybridized carbons (Fsp3) is 0.429. The number of para-hydroxylation sites is 1. The summed E-state index contributed by atoms with van der Waals surface area (Å²) in [6, 6.07) is 15.2. The Morgan fingerprint density at radius 1 is 0.912 bits per heavy atom. The van der Waals surface area contributed by atoms with Crippen molar-refractivity contribution in [2.45, 2.75) is 52.4 Å². The molecule has 6 nitrogen and oxygen atoms in total. The molecule has 0 saturated carbocycles. The predicted molar refractivity (Wildman–Crippen MR) is 136 cm³/mol. The van der Waals surface area contributed by atoms with Gasteiger partial charge in [0.15, 0.2) is 0 Å². The standard InChI is InChI=1S/C28H36N2O4/c1-6-7-18-34-19-10-17-30-26(31)24(22-11-8-9-12-23(22)33-5)25(27(30)32)29-21-15-13-20(14-16-21)28(2,3)4/h8-9,11-16,29H,6-7,10,17-19H2,1-5H3. The Morgan fingerprint density at radius 3 is 2.24 bits per heavy atom. The van der Waals surface area contributed by atoms with Gasteiger partial charge < -0.3 is 14.8 Å². The molecule has 182 valence electrons. The molecule has 0 fully saturated rings. The van der Waals surface area contributed by atoms with Gasteiger partial charge in [0.05, 0.1) is 12.7 Å². The third kappa shape index (κ3) is 5.86. The number of unbranched alkanes of at least 4 members (excludes halogenated alkanes) is 1. The van der Waals surface area contributed by atoms with Crippen molar-refractivity contribution in [2.75, 3.05) is 32.2 Å². The summed E-state index contributed by atoms with van der Waals surface area (Å²) in [6.45, 7) is 10.1. The molecule has 0 aromatic heterocycles. The average molecular weight is 465 g/mol. The second-order valence-corrected chi connectivity index (χ2v) is 9.48. The van der Waals surface area contributed by atoms with E-state index >= 15 is 0 Å². The third-order valence-electron chi connectivity index (χ3n) is 5.88. The number of ether oxygens (including phenoxy) is 2. The number of hydrogen-bond donors (Lipinski definition) is 1. The smallest absolute Gasteiger partial charge is 0.278 e. The number of benzene rings is 2. The Morgan fingerprint density at radius 2 is 1.59 bits per heavy atom. The zero-order chi connectivity index (χ0) is 24.7. The molecule has 0 radical (unpaired) electrons. The molecule has 2 aromatic rings.